The molecular weight excluding hydrogens is 348 g/mol. The third kappa shape index (κ3) is 2.65. The molecule has 2 heterocycles. The summed E-state index contributed by atoms with van der Waals surface area (Å²) in [5, 5.41) is 5.52. The quantitative estimate of drug-likeness (QED) is 0.703. The van der Waals surface area contributed by atoms with Crippen LogP contribution in [0.4, 0.5) is 0 Å². The Morgan fingerprint density at radius 2 is 1.81 bits per heavy atom. The molecule has 0 saturated carbocycles. The zero-order valence-corrected chi connectivity index (χ0v) is 16.3. The Kier molecular flexibility index (Phi) is 4.33. The smallest absolute Gasteiger partial charge is 0.141 e. The van der Waals surface area contributed by atoms with Crippen LogP contribution in [0.5, 0.6) is 11.5 Å². The van der Waals surface area contributed by atoms with Crippen molar-refractivity contribution in [3.8, 4) is 11.5 Å². The fraction of sp³-hybridized carbons (Fsp3) is 0.333. The second-order valence-corrected chi connectivity index (χ2v) is 7.29. The summed E-state index contributed by atoms with van der Waals surface area (Å²) in [5.41, 5.74) is 7.36. The summed E-state index contributed by atoms with van der Waals surface area (Å²) in [7, 11) is 3.29. The minimum atomic E-state index is 0.00390. The Morgan fingerprint density at radius 3 is 2.54 bits per heavy atom. The van der Waals surface area contributed by atoms with E-state index >= 15 is 0 Å². The Morgan fingerprint density at radius 1 is 1.04 bits per heavy atom. The molecule has 0 fully saturated rings. The van der Waals surface area contributed by atoms with E-state index in [1.54, 1.807) is 14.2 Å². The molecule has 4 rings (SSSR count). The average Bonchev–Trinajstić information content (AvgIpc) is 3.00. The van der Waals surface area contributed by atoms with Crippen molar-refractivity contribution in [1.82, 2.24) is 10.3 Å². The van der Waals surface area contributed by atoms with Gasteiger partial charge in [0.05, 0.1) is 25.3 Å². The van der Waals surface area contributed by atoms with Crippen LogP contribution in [0.15, 0.2) is 24.3 Å². The van der Waals surface area contributed by atoms with Gasteiger partial charge in [-0.3, -0.25) is 0 Å². The van der Waals surface area contributed by atoms with Gasteiger partial charge in [0.15, 0.2) is 0 Å². The number of hydrogen-bond donors (Lipinski definition) is 2. The second kappa shape index (κ2) is 6.53. The summed E-state index contributed by atoms with van der Waals surface area (Å²) < 4.78 is 11.0. The van der Waals surface area contributed by atoms with Crippen molar-refractivity contribution in [2.45, 2.75) is 26.3 Å². The number of hydrogen-bond acceptors (Lipinski definition) is 3. The molecule has 0 radical (unpaired) electrons. The van der Waals surface area contributed by atoms with Crippen molar-refractivity contribution >= 4 is 22.5 Å². The molecule has 0 aliphatic carbocycles. The first-order chi connectivity index (χ1) is 12.5. The lowest BCUT2D eigenvalue weighted by molar-refractivity contribution is 0.386. The first kappa shape index (κ1) is 17.3. The number of methoxy groups -OCH3 is 2. The van der Waals surface area contributed by atoms with E-state index in [1.807, 2.05) is 12.1 Å². The van der Waals surface area contributed by atoms with Crippen LogP contribution in [0.1, 0.15) is 34.0 Å². The van der Waals surface area contributed by atoms with Crippen LogP contribution in [0.25, 0.3) is 10.9 Å². The van der Waals surface area contributed by atoms with Gasteiger partial charge in [-0.05, 0) is 43.5 Å². The molecule has 0 bridgehead atoms. The van der Waals surface area contributed by atoms with Gasteiger partial charge in [0.2, 0.25) is 0 Å². The molecule has 2 aromatic carbocycles. The number of benzene rings is 2. The lowest BCUT2D eigenvalue weighted by Crippen LogP contribution is -2.30. The van der Waals surface area contributed by atoms with Crippen molar-refractivity contribution in [3.05, 3.63) is 57.2 Å². The minimum absolute atomic E-state index is 0.00390. The van der Waals surface area contributed by atoms with Gasteiger partial charge < -0.3 is 19.8 Å². The first-order valence-corrected chi connectivity index (χ1v) is 9.17. The highest BCUT2D eigenvalue weighted by molar-refractivity contribution is 6.32. The normalized spacial score (nSPS) is 16.6. The predicted molar refractivity (Wildman–Crippen MR) is 106 cm³/mol. The van der Waals surface area contributed by atoms with E-state index in [0.717, 1.165) is 24.3 Å². The number of ether oxygens (including phenoxy) is 2. The van der Waals surface area contributed by atoms with E-state index in [2.05, 4.69) is 36.3 Å². The summed E-state index contributed by atoms with van der Waals surface area (Å²) in [6, 6.07) is 8.29. The fourth-order valence-electron chi connectivity index (χ4n) is 4.06. The maximum absolute atomic E-state index is 6.41. The van der Waals surface area contributed by atoms with Crippen LogP contribution in [-0.4, -0.2) is 25.7 Å². The second-order valence-electron chi connectivity index (χ2n) is 6.89. The maximum atomic E-state index is 6.41. The molecule has 3 aromatic rings. The van der Waals surface area contributed by atoms with Gasteiger partial charge in [-0.25, -0.2) is 0 Å². The van der Waals surface area contributed by atoms with Crippen LogP contribution in [0, 0.1) is 13.8 Å². The summed E-state index contributed by atoms with van der Waals surface area (Å²) in [6.45, 7) is 5.21. The Bertz CT molecular complexity index is 994. The number of rotatable bonds is 3. The molecule has 1 aliphatic rings. The summed E-state index contributed by atoms with van der Waals surface area (Å²) in [4.78, 5) is 3.67. The zero-order valence-electron chi connectivity index (χ0n) is 15.5. The van der Waals surface area contributed by atoms with Crippen molar-refractivity contribution < 1.29 is 9.47 Å². The molecule has 26 heavy (non-hydrogen) atoms. The van der Waals surface area contributed by atoms with Crippen LogP contribution in [0.2, 0.25) is 5.02 Å². The highest BCUT2D eigenvalue weighted by atomic mass is 35.5. The molecule has 1 unspecified atom stereocenters. The number of fused-ring (bicyclic) bond motifs is 3. The number of aromatic amines is 1. The van der Waals surface area contributed by atoms with Gasteiger partial charge in [-0.2, -0.15) is 0 Å². The number of H-pyrrole nitrogens is 1. The molecule has 1 atom stereocenters. The predicted octanol–water partition coefficient (Wildman–Crippen LogP) is 4.69. The monoisotopic (exact) mass is 370 g/mol. The number of aryl methyl sites for hydroxylation is 2. The van der Waals surface area contributed by atoms with Crippen LogP contribution in [-0.2, 0) is 6.42 Å². The largest absolute Gasteiger partial charge is 0.496 e. The zero-order chi connectivity index (χ0) is 18.4. The van der Waals surface area contributed by atoms with E-state index in [0.29, 0.717) is 10.8 Å². The SMILES string of the molecule is COc1cc(OC)c(C2NCCc3c2[nH]c2c(C)cc(C)cc32)cc1Cl. The average molecular weight is 371 g/mol. The van der Waals surface area contributed by atoms with Gasteiger partial charge in [-0.1, -0.05) is 23.2 Å². The third-order valence-electron chi connectivity index (χ3n) is 5.22. The molecule has 5 heteroatoms. The molecule has 0 amide bonds. The van der Waals surface area contributed by atoms with Crippen molar-refractivity contribution in [3.63, 3.8) is 0 Å². The lowest BCUT2D eigenvalue weighted by Gasteiger charge is -2.26. The molecular formula is C21H23ClN2O2. The number of nitrogens with one attached hydrogen (secondary N) is 2. The van der Waals surface area contributed by atoms with Crippen LogP contribution in [0.3, 0.4) is 0 Å². The van der Waals surface area contributed by atoms with Gasteiger partial charge in [0.1, 0.15) is 11.5 Å². The third-order valence-corrected chi connectivity index (χ3v) is 5.51. The highest BCUT2D eigenvalue weighted by Gasteiger charge is 2.28. The van der Waals surface area contributed by atoms with Gasteiger partial charge in [0.25, 0.3) is 0 Å². The molecule has 0 spiro atoms. The molecule has 4 nitrogen and oxygen atoms in total. The summed E-state index contributed by atoms with van der Waals surface area (Å²) in [5.74, 6) is 1.38. The number of halogens is 1. The standard InChI is InChI=1S/C21H23ClN2O2/c1-11-7-12(2)19-14(8-11)13-5-6-23-20(21(13)24-19)15-9-16(22)18(26-4)10-17(15)25-3/h7-10,20,23-24H,5-6H2,1-4H3. The van der Waals surface area contributed by atoms with Gasteiger partial charge in [0, 0.05) is 34.8 Å². The van der Waals surface area contributed by atoms with Crippen LogP contribution >= 0.6 is 11.6 Å². The maximum Gasteiger partial charge on any atom is 0.141 e. The minimum Gasteiger partial charge on any atom is -0.496 e. The van der Waals surface area contributed by atoms with E-state index < -0.39 is 0 Å². The Balaban J connectivity index is 1.92. The molecule has 1 aliphatic heterocycles. The Hall–Kier alpha value is -2.17. The van der Waals surface area contributed by atoms with E-state index in [9.17, 15) is 0 Å². The van der Waals surface area contributed by atoms with Crippen molar-refractivity contribution in [1.29, 1.82) is 0 Å². The summed E-state index contributed by atoms with van der Waals surface area (Å²) >= 11 is 6.41. The molecule has 136 valence electrons. The van der Waals surface area contributed by atoms with Crippen LogP contribution < -0.4 is 14.8 Å². The summed E-state index contributed by atoms with van der Waals surface area (Å²) in [6.07, 6.45) is 1.00. The van der Waals surface area contributed by atoms with Gasteiger partial charge in [-0.15, -0.1) is 0 Å². The van der Waals surface area contributed by atoms with Gasteiger partial charge >= 0.3 is 0 Å². The molecule has 1 aromatic heterocycles. The highest BCUT2D eigenvalue weighted by Crippen LogP contribution is 2.41. The lowest BCUT2D eigenvalue weighted by atomic mass is 9.93. The first-order valence-electron chi connectivity index (χ1n) is 8.80. The van der Waals surface area contributed by atoms with E-state index in [-0.39, 0.29) is 6.04 Å². The number of aromatic nitrogens is 1. The van der Waals surface area contributed by atoms with E-state index in [1.165, 1.54) is 33.3 Å². The Labute approximate surface area is 158 Å². The fourth-order valence-corrected chi connectivity index (χ4v) is 4.31. The topological polar surface area (TPSA) is 46.3 Å². The van der Waals surface area contributed by atoms with Crippen molar-refractivity contribution in [2.24, 2.45) is 0 Å². The molecule has 2 N–H and O–H groups in total. The van der Waals surface area contributed by atoms with Crippen molar-refractivity contribution in [2.75, 3.05) is 20.8 Å². The van der Waals surface area contributed by atoms with E-state index in [4.69, 9.17) is 21.1 Å². The molecule has 0 saturated heterocycles.